The summed E-state index contributed by atoms with van der Waals surface area (Å²) in [6.45, 7) is 6.52. The quantitative estimate of drug-likeness (QED) is 0.526. The van der Waals surface area contributed by atoms with Gasteiger partial charge in [0.15, 0.2) is 0 Å². The number of nitriles is 1. The Morgan fingerprint density at radius 1 is 1.21 bits per heavy atom. The fourth-order valence-corrected chi connectivity index (χ4v) is 3.70. The van der Waals surface area contributed by atoms with Gasteiger partial charge >= 0.3 is 0 Å². The maximum atomic E-state index is 11.7. The average molecular weight is 461 g/mol. The third-order valence-electron chi connectivity index (χ3n) is 5.01. The van der Waals surface area contributed by atoms with Gasteiger partial charge in [0.05, 0.1) is 30.7 Å². The van der Waals surface area contributed by atoms with Crippen molar-refractivity contribution in [3.63, 3.8) is 0 Å². The zero-order valence-corrected chi connectivity index (χ0v) is 18.5. The van der Waals surface area contributed by atoms with Crippen LogP contribution in [0.3, 0.4) is 0 Å². The number of nitrogens with zero attached hydrogens (tertiary/aromatic N) is 4. The first kappa shape index (κ1) is 22.3. The predicted octanol–water partition coefficient (Wildman–Crippen LogP) is 4.37. The molecule has 1 aliphatic rings. The highest BCUT2D eigenvalue weighted by Crippen LogP contribution is 2.30. The van der Waals surface area contributed by atoms with Gasteiger partial charge in [0.2, 0.25) is 11.9 Å². The molecule has 4 rings (SSSR count). The lowest BCUT2D eigenvalue weighted by Crippen LogP contribution is -2.36. The number of hydrogen-bond acceptors (Lipinski definition) is 7. The van der Waals surface area contributed by atoms with Crippen LogP contribution in [0.15, 0.2) is 61.3 Å². The summed E-state index contributed by atoms with van der Waals surface area (Å²) in [7, 11) is 0. The van der Waals surface area contributed by atoms with Gasteiger partial charge in [-0.2, -0.15) is 5.26 Å². The molecule has 1 fully saturated rings. The highest BCUT2D eigenvalue weighted by atomic mass is 35.5. The topological polar surface area (TPSA) is 103 Å². The second kappa shape index (κ2) is 10.1. The molecule has 0 saturated carbocycles. The van der Waals surface area contributed by atoms with Gasteiger partial charge in [-0.15, -0.1) is 0 Å². The van der Waals surface area contributed by atoms with E-state index in [9.17, 15) is 10.1 Å². The van der Waals surface area contributed by atoms with Gasteiger partial charge in [-0.1, -0.05) is 24.2 Å². The molecule has 0 atom stereocenters. The Hall–Kier alpha value is -3.93. The van der Waals surface area contributed by atoms with Crippen LogP contribution in [0.2, 0.25) is 5.02 Å². The summed E-state index contributed by atoms with van der Waals surface area (Å²) < 4.78 is 5.43. The lowest BCUT2D eigenvalue weighted by atomic mass is 10.1. The van der Waals surface area contributed by atoms with Gasteiger partial charge in [0.25, 0.3) is 0 Å². The Kier molecular flexibility index (Phi) is 6.83. The van der Waals surface area contributed by atoms with Crippen LogP contribution < -0.4 is 15.5 Å². The SMILES string of the molecule is C=CC(=O)Nc1cc(Cl)cc(-c2nc(Nc3cccc(N4CCOCC4)c3)ncc2C#N)c1. The predicted molar refractivity (Wildman–Crippen MR) is 129 cm³/mol. The van der Waals surface area contributed by atoms with Crippen LogP contribution in [0.1, 0.15) is 5.56 Å². The van der Waals surface area contributed by atoms with E-state index in [-0.39, 0.29) is 11.5 Å². The van der Waals surface area contributed by atoms with Crippen LogP contribution in [0.25, 0.3) is 11.3 Å². The molecule has 1 amide bonds. The number of rotatable bonds is 6. The Morgan fingerprint density at radius 3 is 2.79 bits per heavy atom. The summed E-state index contributed by atoms with van der Waals surface area (Å²) in [6, 6.07) is 15.0. The first-order valence-electron chi connectivity index (χ1n) is 10.3. The molecule has 3 aromatic rings. The molecule has 1 saturated heterocycles. The highest BCUT2D eigenvalue weighted by Gasteiger charge is 2.14. The number of ether oxygens (including phenoxy) is 1. The Morgan fingerprint density at radius 2 is 2.03 bits per heavy atom. The van der Waals surface area contributed by atoms with E-state index in [0.29, 0.717) is 41.1 Å². The van der Waals surface area contributed by atoms with Crippen LogP contribution in [0.5, 0.6) is 0 Å². The van der Waals surface area contributed by atoms with Gasteiger partial charge in [-0.05, 0) is 42.5 Å². The molecule has 0 spiro atoms. The van der Waals surface area contributed by atoms with E-state index in [0.717, 1.165) is 24.5 Å². The molecule has 8 nitrogen and oxygen atoms in total. The fraction of sp³-hybridized carbons (Fsp3) is 0.167. The van der Waals surface area contributed by atoms with Crippen molar-refractivity contribution in [3.8, 4) is 17.3 Å². The fourth-order valence-electron chi connectivity index (χ4n) is 3.47. The van der Waals surface area contributed by atoms with E-state index in [1.54, 1.807) is 18.2 Å². The largest absolute Gasteiger partial charge is 0.378 e. The minimum Gasteiger partial charge on any atom is -0.378 e. The van der Waals surface area contributed by atoms with E-state index in [1.807, 2.05) is 24.3 Å². The van der Waals surface area contributed by atoms with Crippen molar-refractivity contribution in [1.82, 2.24) is 9.97 Å². The summed E-state index contributed by atoms with van der Waals surface area (Å²) >= 11 is 6.25. The molecular formula is C24H21ClN6O2. The Balaban J connectivity index is 1.64. The lowest BCUT2D eigenvalue weighted by Gasteiger charge is -2.29. The van der Waals surface area contributed by atoms with Crippen LogP contribution in [-0.4, -0.2) is 42.2 Å². The Bertz CT molecular complexity index is 1230. The monoisotopic (exact) mass is 460 g/mol. The molecule has 166 valence electrons. The Labute approximate surface area is 196 Å². The maximum absolute atomic E-state index is 11.7. The second-order valence-corrected chi connectivity index (χ2v) is 7.70. The minimum absolute atomic E-state index is 0.283. The van der Waals surface area contributed by atoms with Crippen molar-refractivity contribution in [2.45, 2.75) is 0 Å². The molecule has 2 aromatic carbocycles. The number of carbonyl (C=O) groups excluding carboxylic acids is 1. The van der Waals surface area contributed by atoms with Crippen LogP contribution in [0.4, 0.5) is 23.0 Å². The van der Waals surface area contributed by atoms with Crippen LogP contribution in [-0.2, 0) is 9.53 Å². The molecule has 1 aliphatic heterocycles. The number of benzene rings is 2. The molecule has 1 aromatic heterocycles. The van der Waals surface area contributed by atoms with Crippen molar-refractivity contribution in [2.24, 2.45) is 0 Å². The second-order valence-electron chi connectivity index (χ2n) is 7.26. The van der Waals surface area contributed by atoms with Crippen molar-refractivity contribution in [2.75, 3.05) is 41.8 Å². The lowest BCUT2D eigenvalue weighted by molar-refractivity contribution is -0.111. The molecule has 0 aliphatic carbocycles. The normalized spacial score (nSPS) is 13.2. The van der Waals surface area contributed by atoms with Crippen molar-refractivity contribution < 1.29 is 9.53 Å². The first-order valence-corrected chi connectivity index (χ1v) is 10.6. The van der Waals surface area contributed by atoms with Gasteiger partial charge < -0.3 is 20.3 Å². The standard InChI is InChI=1S/C24H21ClN6O2/c1-2-22(32)28-20-11-16(10-18(25)12-20)23-17(14-26)15-27-24(30-23)29-19-4-3-5-21(13-19)31-6-8-33-9-7-31/h2-5,10-13,15H,1,6-9H2,(H,28,32)(H,27,29,30). The number of nitrogens with one attached hydrogen (secondary N) is 2. The van der Waals surface area contributed by atoms with Crippen LogP contribution >= 0.6 is 11.6 Å². The molecule has 0 radical (unpaired) electrons. The summed E-state index contributed by atoms with van der Waals surface area (Å²) in [6.07, 6.45) is 2.62. The molecule has 0 unspecified atom stereocenters. The van der Waals surface area contributed by atoms with Crippen molar-refractivity contribution >= 4 is 40.5 Å². The maximum Gasteiger partial charge on any atom is 0.247 e. The number of halogens is 1. The number of anilines is 4. The molecular weight excluding hydrogens is 440 g/mol. The van der Waals surface area contributed by atoms with Gasteiger partial charge in [0, 0.05) is 40.7 Å². The summed E-state index contributed by atoms with van der Waals surface area (Å²) in [5, 5.41) is 15.9. The van der Waals surface area contributed by atoms with Gasteiger partial charge in [-0.3, -0.25) is 4.79 Å². The first-order chi connectivity index (χ1) is 16.1. The molecule has 2 heterocycles. The van der Waals surface area contributed by atoms with Gasteiger partial charge in [-0.25, -0.2) is 9.97 Å². The number of amides is 1. The van der Waals surface area contributed by atoms with E-state index in [1.165, 1.54) is 12.3 Å². The van der Waals surface area contributed by atoms with Crippen LogP contribution in [0, 0.1) is 11.3 Å². The van der Waals surface area contributed by atoms with Gasteiger partial charge in [0.1, 0.15) is 6.07 Å². The summed E-state index contributed by atoms with van der Waals surface area (Å²) in [5.41, 5.74) is 3.62. The zero-order valence-electron chi connectivity index (χ0n) is 17.7. The van der Waals surface area contributed by atoms with E-state index < -0.39 is 0 Å². The number of aromatic nitrogens is 2. The van der Waals surface area contributed by atoms with Crippen molar-refractivity contribution in [1.29, 1.82) is 5.26 Å². The molecule has 2 N–H and O–H groups in total. The average Bonchev–Trinajstić information content (AvgIpc) is 2.84. The number of hydrogen-bond donors (Lipinski definition) is 2. The molecule has 9 heteroatoms. The smallest absolute Gasteiger partial charge is 0.247 e. The highest BCUT2D eigenvalue weighted by molar-refractivity contribution is 6.31. The third-order valence-corrected chi connectivity index (χ3v) is 5.23. The summed E-state index contributed by atoms with van der Waals surface area (Å²) in [5.74, 6) is -0.0336. The third kappa shape index (κ3) is 5.47. The zero-order chi connectivity index (χ0) is 23.2. The number of carbonyl (C=O) groups is 1. The number of morpholine rings is 1. The van der Waals surface area contributed by atoms with E-state index in [2.05, 4.69) is 38.1 Å². The molecule has 33 heavy (non-hydrogen) atoms. The van der Waals surface area contributed by atoms with Crippen molar-refractivity contribution in [3.05, 3.63) is 71.9 Å². The minimum atomic E-state index is -0.367. The molecule has 0 bridgehead atoms. The van der Waals surface area contributed by atoms with E-state index in [4.69, 9.17) is 16.3 Å². The summed E-state index contributed by atoms with van der Waals surface area (Å²) in [4.78, 5) is 22.8. The van der Waals surface area contributed by atoms with E-state index >= 15 is 0 Å².